The quantitative estimate of drug-likeness (QED) is 0.416. The molecule has 5 nitrogen and oxygen atoms in total. The Bertz CT molecular complexity index is 1060. The Labute approximate surface area is 178 Å². The summed E-state index contributed by atoms with van der Waals surface area (Å²) in [6.07, 6.45) is 0. The topological polar surface area (TPSA) is 70.6 Å². The highest BCUT2D eigenvalue weighted by molar-refractivity contribution is 9.10. The highest BCUT2D eigenvalue weighted by Crippen LogP contribution is 2.14. The molecular weight excluding hydrogens is 430 g/mol. The number of hydrogen-bond acceptors (Lipinski definition) is 3. The molecule has 2 amide bonds. The molecule has 3 aromatic rings. The molecule has 3 aromatic carbocycles. The molecule has 0 radical (unpaired) electrons. The molecule has 0 fully saturated rings. The third-order valence-electron chi connectivity index (χ3n) is 4.38. The Morgan fingerprint density at radius 1 is 0.828 bits per heavy atom. The monoisotopic (exact) mass is 449 g/mol. The second kappa shape index (κ2) is 9.30. The van der Waals surface area contributed by atoms with Gasteiger partial charge in [-0.05, 0) is 67.4 Å². The number of carbonyl (C=O) groups excluding carboxylic acids is 2. The van der Waals surface area contributed by atoms with Gasteiger partial charge in [0.1, 0.15) is 0 Å². The first-order valence-corrected chi connectivity index (χ1v) is 9.81. The minimum atomic E-state index is -0.321. The van der Waals surface area contributed by atoms with Crippen LogP contribution in [0.4, 0.5) is 5.69 Å². The highest BCUT2D eigenvalue weighted by Gasteiger charge is 2.10. The van der Waals surface area contributed by atoms with E-state index in [1.165, 1.54) is 0 Å². The lowest BCUT2D eigenvalue weighted by Gasteiger charge is -2.08. The minimum Gasteiger partial charge on any atom is -0.322 e. The molecule has 29 heavy (non-hydrogen) atoms. The van der Waals surface area contributed by atoms with Crippen molar-refractivity contribution in [2.45, 2.75) is 13.8 Å². The first-order chi connectivity index (χ1) is 13.9. The Kier molecular flexibility index (Phi) is 6.57. The number of nitrogens with zero attached hydrogens (tertiary/aromatic N) is 1. The van der Waals surface area contributed by atoms with Crippen molar-refractivity contribution in [3.63, 3.8) is 0 Å². The summed E-state index contributed by atoms with van der Waals surface area (Å²) < 4.78 is 0.979. The molecule has 146 valence electrons. The number of carbonyl (C=O) groups is 2. The number of amides is 2. The first kappa shape index (κ1) is 20.5. The van der Waals surface area contributed by atoms with Crippen LogP contribution in [-0.4, -0.2) is 17.5 Å². The summed E-state index contributed by atoms with van der Waals surface area (Å²) in [6.45, 7) is 3.72. The molecule has 0 aliphatic carbocycles. The average Bonchev–Trinajstić information content (AvgIpc) is 2.73. The van der Waals surface area contributed by atoms with Crippen LogP contribution in [-0.2, 0) is 0 Å². The number of benzene rings is 3. The molecule has 0 aliphatic rings. The maximum Gasteiger partial charge on any atom is 0.271 e. The molecule has 0 unspecified atom stereocenters. The Balaban J connectivity index is 1.63. The van der Waals surface area contributed by atoms with Crippen LogP contribution in [0.3, 0.4) is 0 Å². The van der Waals surface area contributed by atoms with Crippen LogP contribution in [0.25, 0.3) is 0 Å². The third kappa shape index (κ3) is 5.39. The molecule has 0 atom stereocenters. The Morgan fingerprint density at radius 2 is 1.45 bits per heavy atom. The van der Waals surface area contributed by atoms with Gasteiger partial charge < -0.3 is 5.32 Å². The third-order valence-corrected chi connectivity index (χ3v) is 4.91. The van der Waals surface area contributed by atoms with E-state index in [2.05, 4.69) is 31.8 Å². The van der Waals surface area contributed by atoms with E-state index in [9.17, 15) is 9.59 Å². The standard InChI is InChI=1S/C23H20BrN3O2/c1-15-5-3-4-6-21(15)23(29)25-20-13-9-18(10-14-20)22(28)27-26-16(2)17-7-11-19(24)12-8-17/h3-14H,1-2H3,(H,25,29)(H,27,28). The van der Waals surface area contributed by atoms with E-state index in [1.54, 1.807) is 30.3 Å². The predicted molar refractivity (Wildman–Crippen MR) is 119 cm³/mol. The van der Waals surface area contributed by atoms with Crippen LogP contribution >= 0.6 is 15.9 Å². The lowest BCUT2D eigenvalue weighted by molar-refractivity contribution is 0.0954. The van der Waals surface area contributed by atoms with Gasteiger partial charge in [0.25, 0.3) is 11.8 Å². The van der Waals surface area contributed by atoms with Crippen LogP contribution < -0.4 is 10.7 Å². The predicted octanol–water partition coefficient (Wildman–Crippen LogP) is 5.16. The second-order valence-corrected chi connectivity index (χ2v) is 7.41. The van der Waals surface area contributed by atoms with Gasteiger partial charge in [-0.15, -0.1) is 0 Å². The molecule has 3 rings (SSSR count). The molecule has 0 aliphatic heterocycles. The van der Waals surface area contributed by atoms with Crippen LogP contribution in [0.1, 0.15) is 38.8 Å². The zero-order valence-electron chi connectivity index (χ0n) is 16.1. The maximum atomic E-state index is 12.4. The fourth-order valence-corrected chi connectivity index (χ4v) is 2.95. The molecule has 0 aromatic heterocycles. The molecule has 0 saturated carbocycles. The molecule has 0 spiro atoms. The molecular formula is C23H20BrN3O2. The number of halogens is 1. The lowest BCUT2D eigenvalue weighted by Crippen LogP contribution is -2.19. The number of hydrazone groups is 1. The highest BCUT2D eigenvalue weighted by atomic mass is 79.9. The number of hydrogen-bond donors (Lipinski definition) is 2. The zero-order valence-corrected chi connectivity index (χ0v) is 17.7. The molecule has 2 N–H and O–H groups in total. The fraction of sp³-hybridized carbons (Fsp3) is 0.0870. The van der Waals surface area contributed by atoms with E-state index < -0.39 is 0 Å². The minimum absolute atomic E-state index is 0.185. The summed E-state index contributed by atoms with van der Waals surface area (Å²) in [5.74, 6) is -0.506. The van der Waals surface area contributed by atoms with Crippen molar-refractivity contribution >= 4 is 39.1 Å². The number of anilines is 1. The van der Waals surface area contributed by atoms with Gasteiger partial charge in [-0.25, -0.2) is 5.43 Å². The van der Waals surface area contributed by atoms with Crippen molar-refractivity contribution < 1.29 is 9.59 Å². The molecule has 0 bridgehead atoms. The SMILES string of the molecule is CC(=NNC(=O)c1ccc(NC(=O)c2ccccc2C)cc1)c1ccc(Br)cc1. The van der Waals surface area contributed by atoms with Crippen LogP contribution in [0.2, 0.25) is 0 Å². The van der Waals surface area contributed by atoms with Gasteiger partial charge >= 0.3 is 0 Å². The van der Waals surface area contributed by atoms with E-state index in [4.69, 9.17) is 0 Å². The van der Waals surface area contributed by atoms with Crippen molar-refractivity contribution in [1.29, 1.82) is 0 Å². The zero-order chi connectivity index (χ0) is 20.8. The average molecular weight is 450 g/mol. The largest absolute Gasteiger partial charge is 0.322 e. The summed E-state index contributed by atoms with van der Waals surface area (Å²) >= 11 is 3.39. The van der Waals surface area contributed by atoms with Crippen LogP contribution in [0, 0.1) is 6.92 Å². The van der Waals surface area contributed by atoms with Crippen molar-refractivity contribution in [3.05, 3.63) is 99.5 Å². The van der Waals surface area contributed by atoms with Crippen molar-refractivity contribution in [3.8, 4) is 0 Å². The van der Waals surface area contributed by atoms with Gasteiger partial charge in [-0.3, -0.25) is 9.59 Å². The van der Waals surface area contributed by atoms with Crippen molar-refractivity contribution in [2.75, 3.05) is 5.32 Å². The van der Waals surface area contributed by atoms with Gasteiger partial charge in [0.05, 0.1) is 5.71 Å². The summed E-state index contributed by atoms with van der Waals surface area (Å²) in [7, 11) is 0. The lowest BCUT2D eigenvalue weighted by atomic mass is 10.1. The summed E-state index contributed by atoms with van der Waals surface area (Å²) in [6, 6.07) is 21.7. The summed E-state index contributed by atoms with van der Waals surface area (Å²) in [5, 5.41) is 6.99. The van der Waals surface area contributed by atoms with E-state index in [0.29, 0.717) is 22.5 Å². The van der Waals surface area contributed by atoms with E-state index >= 15 is 0 Å². The Hall–Kier alpha value is -3.25. The van der Waals surface area contributed by atoms with Gasteiger partial charge in [0, 0.05) is 21.3 Å². The van der Waals surface area contributed by atoms with Crippen LogP contribution in [0.15, 0.2) is 82.4 Å². The molecule has 6 heteroatoms. The summed E-state index contributed by atoms with van der Waals surface area (Å²) in [5.41, 5.74) is 6.76. The van der Waals surface area contributed by atoms with Gasteiger partial charge in [-0.1, -0.05) is 46.3 Å². The smallest absolute Gasteiger partial charge is 0.271 e. The normalized spacial score (nSPS) is 11.1. The number of rotatable bonds is 5. The molecule has 0 saturated heterocycles. The van der Waals surface area contributed by atoms with Crippen molar-refractivity contribution in [2.24, 2.45) is 5.10 Å². The fourth-order valence-electron chi connectivity index (χ4n) is 2.69. The van der Waals surface area contributed by atoms with Crippen molar-refractivity contribution in [1.82, 2.24) is 5.43 Å². The second-order valence-electron chi connectivity index (χ2n) is 6.49. The van der Waals surface area contributed by atoms with E-state index in [0.717, 1.165) is 15.6 Å². The first-order valence-electron chi connectivity index (χ1n) is 9.01. The van der Waals surface area contributed by atoms with Gasteiger partial charge in [0.2, 0.25) is 0 Å². The number of nitrogens with one attached hydrogen (secondary N) is 2. The number of aryl methyl sites for hydroxylation is 1. The van der Waals surface area contributed by atoms with E-state index in [-0.39, 0.29) is 11.8 Å². The van der Waals surface area contributed by atoms with Gasteiger partial charge in [0.15, 0.2) is 0 Å². The summed E-state index contributed by atoms with van der Waals surface area (Å²) in [4.78, 5) is 24.7. The Morgan fingerprint density at radius 3 is 2.10 bits per heavy atom. The van der Waals surface area contributed by atoms with E-state index in [1.807, 2.05) is 56.3 Å². The molecule has 0 heterocycles. The van der Waals surface area contributed by atoms with Crippen LogP contribution in [0.5, 0.6) is 0 Å². The van der Waals surface area contributed by atoms with Gasteiger partial charge in [-0.2, -0.15) is 5.10 Å². The maximum absolute atomic E-state index is 12.4.